The molecular formula is C23H30N2O5S. The van der Waals surface area contributed by atoms with E-state index < -0.39 is 6.29 Å². The first kappa shape index (κ1) is 23.6. The Bertz CT molecular complexity index is 833. The van der Waals surface area contributed by atoms with Crippen LogP contribution in [0, 0.1) is 0 Å². The lowest BCUT2D eigenvalue weighted by atomic mass is 10.0. The van der Waals surface area contributed by atoms with Crippen molar-refractivity contribution >= 4 is 23.5 Å². The van der Waals surface area contributed by atoms with Crippen molar-refractivity contribution in [3.8, 4) is 0 Å². The molecule has 2 aromatic rings. The molecule has 0 radical (unpaired) electrons. The van der Waals surface area contributed by atoms with E-state index >= 15 is 0 Å². The normalized spacial score (nSPS) is 20.9. The Labute approximate surface area is 187 Å². The van der Waals surface area contributed by atoms with Crippen LogP contribution in [-0.4, -0.2) is 47.0 Å². The van der Waals surface area contributed by atoms with Crippen molar-refractivity contribution in [1.82, 2.24) is 5.32 Å². The molecule has 4 N–H and O–H groups in total. The topological polar surface area (TPSA) is 100 Å². The standard InChI is InChI=1S/C23H30N2O5S/c1-2-24-23(28)25-19-5-3-4-18(12-19)22-29-20(15-31-11-10-26)13-21(30-22)17-8-6-16(14-27)7-9-17/h3-9,12,20-22,26-27H,2,10-11,13-15H2,1H3,(H2,24,25,28). The molecule has 0 aromatic heterocycles. The average molecular weight is 447 g/mol. The number of benzene rings is 2. The maximum atomic E-state index is 11.9. The summed E-state index contributed by atoms with van der Waals surface area (Å²) in [7, 11) is 0. The van der Waals surface area contributed by atoms with Crippen molar-refractivity contribution in [1.29, 1.82) is 0 Å². The number of nitrogens with one attached hydrogen (secondary N) is 2. The number of urea groups is 1. The molecule has 8 heteroatoms. The highest BCUT2D eigenvalue weighted by Gasteiger charge is 2.32. The number of amides is 2. The van der Waals surface area contributed by atoms with Crippen LogP contribution in [0.2, 0.25) is 0 Å². The van der Waals surface area contributed by atoms with Gasteiger partial charge in [0.1, 0.15) is 0 Å². The molecule has 3 unspecified atom stereocenters. The smallest absolute Gasteiger partial charge is 0.319 e. The third-order valence-electron chi connectivity index (χ3n) is 4.91. The van der Waals surface area contributed by atoms with Crippen molar-refractivity contribution in [2.24, 2.45) is 0 Å². The van der Waals surface area contributed by atoms with Gasteiger partial charge in [0.15, 0.2) is 6.29 Å². The van der Waals surface area contributed by atoms with Gasteiger partial charge in [-0.3, -0.25) is 0 Å². The van der Waals surface area contributed by atoms with Crippen molar-refractivity contribution in [3.05, 3.63) is 65.2 Å². The maximum Gasteiger partial charge on any atom is 0.319 e. The second kappa shape index (κ2) is 12.1. The van der Waals surface area contributed by atoms with Gasteiger partial charge >= 0.3 is 6.03 Å². The zero-order chi connectivity index (χ0) is 22.1. The molecule has 168 valence electrons. The molecule has 2 amide bonds. The van der Waals surface area contributed by atoms with Gasteiger partial charge in [0, 0.05) is 35.7 Å². The molecule has 3 atom stereocenters. The number of hydrogen-bond acceptors (Lipinski definition) is 6. The number of carbonyl (C=O) groups excluding carboxylic acids is 1. The summed E-state index contributed by atoms with van der Waals surface area (Å²) in [6.07, 6.45) is -0.0828. The van der Waals surface area contributed by atoms with Crippen LogP contribution in [0.5, 0.6) is 0 Å². The molecule has 31 heavy (non-hydrogen) atoms. The first-order valence-corrected chi connectivity index (χ1v) is 11.6. The Hall–Kier alpha value is -2.10. The largest absolute Gasteiger partial charge is 0.396 e. The molecule has 0 aliphatic carbocycles. The number of hydrogen-bond donors (Lipinski definition) is 4. The van der Waals surface area contributed by atoms with Gasteiger partial charge in [-0.25, -0.2) is 4.79 Å². The summed E-state index contributed by atoms with van der Waals surface area (Å²) in [5.41, 5.74) is 3.37. The van der Waals surface area contributed by atoms with Gasteiger partial charge in [-0.15, -0.1) is 0 Å². The lowest BCUT2D eigenvalue weighted by molar-refractivity contribution is -0.245. The van der Waals surface area contributed by atoms with E-state index in [-0.39, 0.29) is 31.5 Å². The summed E-state index contributed by atoms with van der Waals surface area (Å²) >= 11 is 1.65. The molecule has 1 heterocycles. The van der Waals surface area contributed by atoms with E-state index in [9.17, 15) is 9.90 Å². The van der Waals surface area contributed by atoms with Crippen LogP contribution in [0.1, 0.15) is 42.4 Å². The minimum absolute atomic E-state index is 0.00334. The number of ether oxygens (including phenoxy) is 2. The van der Waals surface area contributed by atoms with Gasteiger partial charge in [-0.2, -0.15) is 11.8 Å². The van der Waals surface area contributed by atoms with Crippen molar-refractivity contribution in [3.63, 3.8) is 0 Å². The summed E-state index contributed by atoms with van der Waals surface area (Å²) in [6, 6.07) is 14.9. The number of thioether (sulfide) groups is 1. The number of aliphatic hydroxyl groups excluding tert-OH is 2. The first-order chi connectivity index (χ1) is 15.1. The number of aliphatic hydroxyl groups is 2. The molecule has 7 nitrogen and oxygen atoms in total. The van der Waals surface area contributed by atoms with Crippen LogP contribution in [0.3, 0.4) is 0 Å². The Kier molecular flexibility index (Phi) is 9.17. The molecule has 0 bridgehead atoms. The van der Waals surface area contributed by atoms with E-state index in [2.05, 4.69) is 10.6 Å². The van der Waals surface area contributed by atoms with E-state index in [1.54, 1.807) is 11.8 Å². The quantitative estimate of drug-likeness (QED) is 0.439. The predicted molar refractivity (Wildman–Crippen MR) is 122 cm³/mol. The molecule has 1 aliphatic heterocycles. The van der Waals surface area contributed by atoms with Gasteiger partial charge in [0.05, 0.1) is 25.4 Å². The summed E-state index contributed by atoms with van der Waals surface area (Å²) in [5.74, 6) is 1.41. The SMILES string of the molecule is CCNC(=O)Nc1cccc(C2OC(CSCCO)CC(c3ccc(CO)cc3)O2)c1. The van der Waals surface area contributed by atoms with E-state index in [1.807, 2.05) is 55.5 Å². The first-order valence-electron chi connectivity index (χ1n) is 10.5. The van der Waals surface area contributed by atoms with Crippen molar-refractivity contribution in [2.45, 2.75) is 38.4 Å². The number of anilines is 1. The van der Waals surface area contributed by atoms with Crippen LogP contribution in [-0.2, 0) is 16.1 Å². The van der Waals surface area contributed by atoms with Gasteiger partial charge in [0.2, 0.25) is 0 Å². The van der Waals surface area contributed by atoms with Crippen LogP contribution < -0.4 is 10.6 Å². The van der Waals surface area contributed by atoms with Crippen LogP contribution in [0.15, 0.2) is 48.5 Å². The second-order valence-electron chi connectivity index (χ2n) is 7.26. The van der Waals surface area contributed by atoms with E-state index in [0.29, 0.717) is 24.4 Å². The van der Waals surface area contributed by atoms with E-state index in [0.717, 1.165) is 22.4 Å². The number of carbonyl (C=O) groups is 1. The Morgan fingerprint density at radius 3 is 2.65 bits per heavy atom. The van der Waals surface area contributed by atoms with Gasteiger partial charge in [-0.1, -0.05) is 36.4 Å². The Morgan fingerprint density at radius 1 is 1.13 bits per heavy atom. The van der Waals surface area contributed by atoms with Crippen molar-refractivity contribution < 1.29 is 24.5 Å². The molecule has 1 aliphatic rings. The highest BCUT2D eigenvalue weighted by atomic mass is 32.2. The summed E-state index contributed by atoms with van der Waals surface area (Å²) < 4.78 is 12.5. The second-order valence-corrected chi connectivity index (χ2v) is 8.41. The molecule has 2 aromatic carbocycles. The van der Waals surface area contributed by atoms with E-state index in [1.165, 1.54) is 0 Å². The molecule has 3 rings (SSSR count). The van der Waals surface area contributed by atoms with Crippen molar-refractivity contribution in [2.75, 3.05) is 30.0 Å². The zero-order valence-electron chi connectivity index (χ0n) is 17.6. The van der Waals surface area contributed by atoms with Gasteiger partial charge in [0.25, 0.3) is 0 Å². The monoisotopic (exact) mass is 446 g/mol. The third-order valence-corrected chi connectivity index (χ3v) is 5.99. The van der Waals surface area contributed by atoms with Gasteiger partial charge < -0.3 is 30.3 Å². The molecule has 0 saturated carbocycles. The molecule has 0 spiro atoms. The van der Waals surface area contributed by atoms with Crippen LogP contribution in [0.25, 0.3) is 0 Å². The Morgan fingerprint density at radius 2 is 1.94 bits per heavy atom. The van der Waals surface area contributed by atoms with Crippen LogP contribution in [0.4, 0.5) is 10.5 Å². The predicted octanol–water partition coefficient (Wildman–Crippen LogP) is 3.59. The molecule has 1 fully saturated rings. The molecule has 1 saturated heterocycles. The summed E-state index contributed by atoms with van der Waals surface area (Å²) in [6.45, 7) is 2.55. The number of rotatable bonds is 9. The van der Waals surface area contributed by atoms with Gasteiger partial charge in [-0.05, 0) is 30.2 Å². The van der Waals surface area contributed by atoms with Crippen LogP contribution >= 0.6 is 11.8 Å². The molecular weight excluding hydrogens is 416 g/mol. The fraction of sp³-hybridized carbons (Fsp3) is 0.435. The average Bonchev–Trinajstić information content (AvgIpc) is 2.79. The summed E-state index contributed by atoms with van der Waals surface area (Å²) in [5, 5.41) is 23.9. The lowest BCUT2D eigenvalue weighted by Gasteiger charge is -2.36. The lowest BCUT2D eigenvalue weighted by Crippen LogP contribution is -2.31. The Balaban J connectivity index is 1.77. The highest BCUT2D eigenvalue weighted by Crippen LogP contribution is 2.39. The minimum Gasteiger partial charge on any atom is -0.396 e. The fourth-order valence-corrected chi connectivity index (χ4v) is 4.17. The zero-order valence-corrected chi connectivity index (χ0v) is 18.4. The summed E-state index contributed by atoms with van der Waals surface area (Å²) in [4.78, 5) is 11.9. The minimum atomic E-state index is -0.577. The maximum absolute atomic E-state index is 11.9. The van der Waals surface area contributed by atoms with E-state index in [4.69, 9.17) is 14.6 Å². The highest BCUT2D eigenvalue weighted by molar-refractivity contribution is 7.99. The fourth-order valence-electron chi connectivity index (χ4n) is 3.40. The third kappa shape index (κ3) is 6.95.